The number of rotatable bonds is 4. The van der Waals surface area contributed by atoms with Crippen LogP contribution in [0.1, 0.15) is 46.6 Å². The topological polar surface area (TPSA) is 45.1 Å². The molecule has 0 saturated carbocycles. The van der Waals surface area contributed by atoms with Crippen LogP contribution < -0.4 is 5.32 Å². The van der Waals surface area contributed by atoms with Crippen LogP contribution in [0.2, 0.25) is 0 Å². The minimum absolute atomic E-state index is 0.0424. The van der Waals surface area contributed by atoms with Gasteiger partial charge in [0.1, 0.15) is 17.2 Å². The molecule has 3 heterocycles. The molecule has 24 heavy (non-hydrogen) atoms. The molecule has 0 radical (unpaired) electrons. The molecule has 3 aromatic rings. The number of pyridine rings is 1. The minimum Gasteiger partial charge on any atom is -0.364 e. The van der Waals surface area contributed by atoms with Crippen LogP contribution in [-0.2, 0) is 0 Å². The number of imidazole rings is 1. The first-order valence-corrected chi connectivity index (χ1v) is 8.56. The number of H-pyrrole nitrogens is 1. The van der Waals surface area contributed by atoms with E-state index in [9.17, 15) is 0 Å². The van der Waals surface area contributed by atoms with Crippen molar-refractivity contribution in [2.45, 2.75) is 53.5 Å². The lowest BCUT2D eigenvalue weighted by molar-refractivity contribution is 0.302. The number of nitrogens with one attached hydrogen (secondary N) is 2. The maximum absolute atomic E-state index is 4.90. The van der Waals surface area contributed by atoms with Gasteiger partial charge in [0.25, 0.3) is 0 Å². The number of aromatic nitrogens is 3. The molecule has 4 heteroatoms. The monoisotopic (exact) mass is 324 g/mol. The highest BCUT2D eigenvalue weighted by Crippen LogP contribution is 2.34. The molecular formula is C20H28N4. The summed E-state index contributed by atoms with van der Waals surface area (Å²) in [4.78, 5) is 8.20. The largest absolute Gasteiger partial charge is 0.364 e. The summed E-state index contributed by atoms with van der Waals surface area (Å²) in [5, 5.41) is 3.76. The molecule has 0 saturated heterocycles. The van der Waals surface area contributed by atoms with E-state index in [-0.39, 0.29) is 11.0 Å². The highest BCUT2D eigenvalue weighted by atomic mass is 15.2. The predicted molar refractivity (Wildman–Crippen MR) is 101 cm³/mol. The van der Waals surface area contributed by atoms with Crippen LogP contribution in [0, 0.1) is 12.3 Å². The van der Waals surface area contributed by atoms with E-state index in [1.54, 1.807) is 0 Å². The van der Waals surface area contributed by atoms with E-state index in [0.717, 1.165) is 29.3 Å². The maximum Gasteiger partial charge on any atom is 0.142 e. The Morgan fingerprint density at radius 2 is 1.88 bits per heavy atom. The van der Waals surface area contributed by atoms with E-state index in [1.807, 2.05) is 12.3 Å². The number of fused-ring (bicyclic) bond motifs is 1. The second-order valence-corrected chi connectivity index (χ2v) is 8.52. The Morgan fingerprint density at radius 3 is 2.50 bits per heavy atom. The number of hydrogen-bond donors (Lipinski definition) is 2. The number of hydrogen-bond acceptors (Lipinski definition) is 2. The third kappa shape index (κ3) is 3.32. The first-order valence-electron chi connectivity index (χ1n) is 8.56. The predicted octanol–water partition coefficient (Wildman–Crippen LogP) is 5.26. The molecule has 4 nitrogen and oxygen atoms in total. The molecule has 0 unspecified atom stereocenters. The molecule has 0 spiro atoms. The Balaban J connectivity index is 2.12. The van der Waals surface area contributed by atoms with E-state index in [4.69, 9.17) is 4.98 Å². The molecule has 2 N–H and O–H groups in total. The van der Waals surface area contributed by atoms with Crippen LogP contribution in [0.3, 0.4) is 0 Å². The normalized spacial score (nSPS) is 12.8. The van der Waals surface area contributed by atoms with Crippen molar-refractivity contribution in [1.82, 2.24) is 14.4 Å². The van der Waals surface area contributed by atoms with Gasteiger partial charge in [-0.3, -0.25) is 4.40 Å². The molecule has 3 aromatic heterocycles. The number of aromatic amines is 1. The van der Waals surface area contributed by atoms with Crippen LogP contribution in [0.5, 0.6) is 0 Å². The van der Waals surface area contributed by atoms with Crippen LogP contribution in [0.4, 0.5) is 5.82 Å². The third-order valence-electron chi connectivity index (χ3n) is 4.13. The van der Waals surface area contributed by atoms with Gasteiger partial charge in [-0.2, -0.15) is 0 Å². The average molecular weight is 324 g/mol. The lowest BCUT2D eigenvalue weighted by Crippen LogP contribution is -2.36. The molecule has 0 amide bonds. The van der Waals surface area contributed by atoms with Gasteiger partial charge in [-0.15, -0.1) is 0 Å². The highest BCUT2D eigenvalue weighted by Gasteiger charge is 2.28. The molecule has 0 aliphatic heterocycles. The first-order chi connectivity index (χ1) is 11.2. The summed E-state index contributed by atoms with van der Waals surface area (Å²) in [6.07, 6.45) is 5.08. The zero-order valence-electron chi connectivity index (χ0n) is 15.6. The Morgan fingerprint density at radius 1 is 1.12 bits per heavy atom. The maximum atomic E-state index is 4.90. The second-order valence-electron chi connectivity index (χ2n) is 8.52. The molecule has 0 fully saturated rings. The van der Waals surface area contributed by atoms with E-state index in [0.29, 0.717) is 0 Å². The van der Waals surface area contributed by atoms with Crippen molar-refractivity contribution < 1.29 is 0 Å². The quantitative estimate of drug-likeness (QED) is 0.687. The number of nitrogens with zero attached hydrogens (tertiary/aromatic N) is 2. The van der Waals surface area contributed by atoms with Gasteiger partial charge in [-0.05, 0) is 56.4 Å². The van der Waals surface area contributed by atoms with Gasteiger partial charge in [-0.1, -0.05) is 26.8 Å². The Labute approximate surface area is 144 Å². The van der Waals surface area contributed by atoms with Gasteiger partial charge in [-0.25, -0.2) is 4.98 Å². The zero-order chi connectivity index (χ0) is 17.5. The fourth-order valence-electron chi connectivity index (χ4n) is 3.68. The van der Waals surface area contributed by atoms with E-state index in [1.165, 1.54) is 5.56 Å². The Kier molecular flexibility index (Phi) is 3.94. The van der Waals surface area contributed by atoms with E-state index in [2.05, 4.69) is 80.6 Å². The molecule has 3 rings (SSSR count). The van der Waals surface area contributed by atoms with Gasteiger partial charge in [0.15, 0.2) is 0 Å². The second kappa shape index (κ2) is 5.69. The minimum atomic E-state index is -0.0424. The smallest absolute Gasteiger partial charge is 0.142 e. The van der Waals surface area contributed by atoms with Crippen LogP contribution in [0.15, 0.2) is 36.7 Å². The van der Waals surface area contributed by atoms with E-state index < -0.39 is 0 Å². The molecule has 0 aliphatic carbocycles. The van der Waals surface area contributed by atoms with Crippen LogP contribution in [0.25, 0.3) is 17.0 Å². The van der Waals surface area contributed by atoms with E-state index >= 15 is 0 Å². The summed E-state index contributed by atoms with van der Waals surface area (Å²) in [5.41, 5.74) is 4.38. The van der Waals surface area contributed by atoms with Gasteiger partial charge in [0, 0.05) is 17.9 Å². The van der Waals surface area contributed by atoms with Crippen molar-refractivity contribution in [2.24, 2.45) is 5.41 Å². The van der Waals surface area contributed by atoms with Crippen LogP contribution >= 0.6 is 0 Å². The molecule has 0 bridgehead atoms. The lowest BCUT2D eigenvalue weighted by Gasteiger charge is -2.34. The van der Waals surface area contributed by atoms with Crippen molar-refractivity contribution in [3.63, 3.8) is 0 Å². The van der Waals surface area contributed by atoms with Gasteiger partial charge in [0.05, 0.1) is 5.69 Å². The SMILES string of the molecule is Cc1cccn2c(NC(C)(C)CC(C)(C)C)c(-c3ccc[nH]3)nc12. The zero-order valence-corrected chi connectivity index (χ0v) is 15.6. The fraction of sp³-hybridized carbons (Fsp3) is 0.450. The molecule has 0 aliphatic rings. The van der Waals surface area contributed by atoms with Crippen LogP contribution in [-0.4, -0.2) is 19.9 Å². The molecule has 0 aromatic carbocycles. The summed E-state index contributed by atoms with van der Waals surface area (Å²) >= 11 is 0. The van der Waals surface area contributed by atoms with Crippen molar-refractivity contribution in [2.75, 3.05) is 5.32 Å². The van der Waals surface area contributed by atoms with Crippen molar-refractivity contribution in [1.29, 1.82) is 0 Å². The molecule has 128 valence electrons. The third-order valence-corrected chi connectivity index (χ3v) is 4.13. The fourth-order valence-corrected chi connectivity index (χ4v) is 3.68. The summed E-state index contributed by atoms with van der Waals surface area (Å²) in [6, 6.07) is 8.25. The van der Waals surface area contributed by atoms with Gasteiger partial charge < -0.3 is 10.3 Å². The standard InChI is InChI=1S/C20H28N4/c1-14-9-8-12-24-17(14)22-16(15-10-7-11-21-15)18(24)23-20(5,6)13-19(2,3)4/h7-12,21,23H,13H2,1-6H3. The summed E-state index contributed by atoms with van der Waals surface area (Å²) in [6.45, 7) is 13.5. The summed E-state index contributed by atoms with van der Waals surface area (Å²) in [7, 11) is 0. The Bertz CT molecular complexity index is 833. The van der Waals surface area contributed by atoms with Crippen molar-refractivity contribution in [3.05, 3.63) is 42.2 Å². The lowest BCUT2D eigenvalue weighted by atomic mass is 9.82. The Hall–Kier alpha value is -2.23. The number of anilines is 1. The highest BCUT2D eigenvalue weighted by molar-refractivity contribution is 5.76. The average Bonchev–Trinajstić information content (AvgIpc) is 3.04. The number of aryl methyl sites for hydroxylation is 1. The van der Waals surface area contributed by atoms with Gasteiger partial charge in [0.2, 0.25) is 0 Å². The summed E-state index contributed by atoms with van der Waals surface area (Å²) < 4.78 is 2.16. The van der Waals surface area contributed by atoms with Crippen molar-refractivity contribution in [3.8, 4) is 11.4 Å². The van der Waals surface area contributed by atoms with Gasteiger partial charge >= 0.3 is 0 Å². The van der Waals surface area contributed by atoms with Crippen molar-refractivity contribution >= 4 is 11.5 Å². The molecule has 0 atom stereocenters. The molecular weight excluding hydrogens is 296 g/mol. The first kappa shape index (κ1) is 16.6. The summed E-state index contributed by atoms with van der Waals surface area (Å²) in [5.74, 6) is 1.05.